The molecule has 7 rings (SSSR count). The predicted molar refractivity (Wildman–Crippen MR) is 130 cm³/mol. The van der Waals surface area contributed by atoms with Gasteiger partial charge in [-0.25, -0.2) is 18.1 Å². The number of nitrogens with one attached hydrogen (secondary N) is 2. The highest BCUT2D eigenvalue weighted by molar-refractivity contribution is 7.90. The van der Waals surface area contributed by atoms with Crippen LogP contribution in [0.2, 0.25) is 0 Å². The smallest absolute Gasteiger partial charge is 0.350 e. The van der Waals surface area contributed by atoms with Gasteiger partial charge in [0.25, 0.3) is 5.91 Å². The number of carbonyl (C=O) groups excluding carboxylic acids is 1. The molecule has 0 spiro atoms. The lowest BCUT2D eigenvalue weighted by atomic mass is 9.49. The zero-order valence-electron chi connectivity index (χ0n) is 20.5. The van der Waals surface area contributed by atoms with E-state index in [9.17, 15) is 26.4 Å². The van der Waals surface area contributed by atoms with Gasteiger partial charge in [0.1, 0.15) is 11.3 Å². The Morgan fingerprint density at radius 3 is 2.43 bits per heavy atom. The zero-order chi connectivity index (χ0) is 26.0. The van der Waals surface area contributed by atoms with E-state index in [4.69, 9.17) is 0 Å². The molecule has 1 saturated heterocycles. The minimum atomic E-state index is -5.37. The Morgan fingerprint density at radius 2 is 1.78 bits per heavy atom. The summed E-state index contributed by atoms with van der Waals surface area (Å²) < 4.78 is 64.4. The van der Waals surface area contributed by atoms with Crippen molar-refractivity contribution in [2.75, 3.05) is 19.6 Å². The van der Waals surface area contributed by atoms with Crippen molar-refractivity contribution < 1.29 is 26.4 Å². The molecule has 2 N–H and O–H groups in total. The Hall–Kier alpha value is -2.18. The number of nitrogens with zero attached hydrogens (tertiary/aromatic N) is 3. The summed E-state index contributed by atoms with van der Waals surface area (Å²) >= 11 is 0. The van der Waals surface area contributed by atoms with Crippen LogP contribution < -0.4 is 10.0 Å². The summed E-state index contributed by atoms with van der Waals surface area (Å²) in [6.07, 6.45) is 9.78. The first-order valence-electron chi connectivity index (χ1n) is 13.0. The minimum absolute atomic E-state index is 0.131. The van der Waals surface area contributed by atoms with Crippen LogP contribution in [0.4, 0.5) is 13.2 Å². The molecule has 2 aromatic rings. The van der Waals surface area contributed by atoms with E-state index in [0.717, 1.165) is 17.8 Å². The molecule has 1 amide bonds. The van der Waals surface area contributed by atoms with Gasteiger partial charge in [0.05, 0.1) is 5.69 Å². The summed E-state index contributed by atoms with van der Waals surface area (Å²) in [4.78, 5) is 19.7. The fraction of sp³-hybridized carbons (Fsp3) is 0.680. The zero-order valence-corrected chi connectivity index (χ0v) is 21.3. The molecule has 8 nitrogen and oxygen atoms in total. The highest BCUT2D eigenvalue weighted by atomic mass is 32.2. The summed E-state index contributed by atoms with van der Waals surface area (Å²) in [6.45, 7) is 1.65. The molecule has 5 aliphatic rings. The molecule has 0 aromatic carbocycles. The van der Waals surface area contributed by atoms with Crippen molar-refractivity contribution in [1.29, 1.82) is 0 Å². The van der Waals surface area contributed by atoms with E-state index in [2.05, 4.69) is 10.3 Å². The number of alkyl halides is 3. The molecule has 4 bridgehead atoms. The number of likely N-dealkylation sites (tertiary alicyclic amines) is 1. The second-order valence-electron chi connectivity index (χ2n) is 11.8. The van der Waals surface area contributed by atoms with Gasteiger partial charge in [-0.15, -0.1) is 0 Å². The van der Waals surface area contributed by atoms with Gasteiger partial charge in [-0.2, -0.15) is 13.2 Å². The first kappa shape index (κ1) is 25.1. The lowest BCUT2D eigenvalue weighted by Gasteiger charge is -2.56. The highest BCUT2D eigenvalue weighted by Gasteiger charge is 2.51. The van der Waals surface area contributed by atoms with E-state index < -0.39 is 21.6 Å². The van der Waals surface area contributed by atoms with Crippen molar-refractivity contribution in [3.63, 3.8) is 0 Å². The number of rotatable bonds is 7. The third-order valence-electron chi connectivity index (χ3n) is 8.85. The molecule has 0 radical (unpaired) electrons. The third-order valence-corrected chi connectivity index (χ3v) is 10.1. The summed E-state index contributed by atoms with van der Waals surface area (Å²) in [5, 5.41) is 3.22. The molecule has 4 saturated carbocycles. The van der Waals surface area contributed by atoms with E-state index in [0.29, 0.717) is 36.7 Å². The Labute approximate surface area is 214 Å². The average Bonchev–Trinajstić information content (AvgIpc) is 3.41. The standard InChI is InChI=1S/C25H32F3N5O3S/c26-25(27,28)37(35,36)31-19-4-5-32(12-19)13-20-14-33-21(2-1-3-22(33)30-20)23(34)29-15-24-9-16-6-17(10-24)8-18(7-16)11-24/h1-3,14,16-19,31H,4-13,15H2,(H,29,34). The lowest BCUT2D eigenvalue weighted by molar-refractivity contribution is -0.0503. The maximum Gasteiger partial charge on any atom is 0.511 e. The molecule has 2 aromatic heterocycles. The first-order valence-corrected chi connectivity index (χ1v) is 14.5. The molecule has 1 unspecified atom stereocenters. The van der Waals surface area contributed by atoms with E-state index in [-0.39, 0.29) is 24.3 Å². The quantitative estimate of drug-likeness (QED) is 0.563. The number of sulfonamides is 1. The van der Waals surface area contributed by atoms with Gasteiger partial charge in [0.15, 0.2) is 0 Å². The first-order chi connectivity index (χ1) is 17.5. The maximum atomic E-state index is 13.2. The van der Waals surface area contributed by atoms with Crippen molar-refractivity contribution in [3.05, 3.63) is 35.8 Å². The summed E-state index contributed by atoms with van der Waals surface area (Å²) in [6, 6.07) is 4.56. The van der Waals surface area contributed by atoms with Crippen molar-refractivity contribution in [2.24, 2.45) is 23.2 Å². The number of halogens is 3. The summed E-state index contributed by atoms with van der Waals surface area (Å²) in [7, 11) is -5.37. The van der Waals surface area contributed by atoms with Crippen LogP contribution in [-0.2, 0) is 16.6 Å². The Bertz CT molecular complexity index is 1270. The molecule has 37 heavy (non-hydrogen) atoms. The van der Waals surface area contributed by atoms with E-state index >= 15 is 0 Å². The van der Waals surface area contributed by atoms with Gasteiger partial charge in [-0.1, -0.05) is 6.07 Å². The van der Waals surface area contributed by atoms with Crippen molar-refractivity contribution >= 4 is 21.6 Å². The van der Waals surface area contributed by atoms with Crippen LogP contribution in [0.15, 0.2) is 24.4 Å². The number of pyridine rings is 1. The Kier molecular flexibility index (Phi) is 6.07. The van der Waals surface area contributed by atoms with Gasteiger partial charge in [0.2, 0.25) is 0 Å². The summed E-state index contributed by atoms with van der Waals surface area (Å²) in [5.74, 6) is 2.32. The van der Waals surface area contributed by atoms with E-state index in [1.165, 1.54) is 38.5 Å². The SMILES string of the molecule is O=C(NCC12CC3CC(CC(C3)C1)C2)c1cccc2nc(CN3CCC(NS(=O)(=O)C(F)(F)F)C3)cn12. The maximum absolute atomic E-state index is 13.2. The molecular weight excluding hydrogens is 507 g/mol. The van der Waals surface area contributed by atoms with Crippen molar-refractivity contribution in [1.82, 2.24) is 24.3 Å². The second kappa shape index (κ2) is 8.94. The largest absolute Gasteiger partial charge is 0.511 e. The van der Waals surface area contributed by atoms with Crippen LogP contribution in [0.3, 0.4) is 0 Å². The van der Waals surface area contributed by atoms with Crippen LogP contribution >= 0.6 is 0 Å². The van der Waals surface area contributed by atoms with Gasteiger partial charge in [0, 0.05) is 38.4 Å². The van der Waals surface area contributed by atoms with Crippen LogP contribution in [-0.4, -0.2) is 59.8 Å². The summed E-state index contributed by atoms with van der Waals surface area (Å²) in [5.41, 5.74) is -3.31. The fourth-order valence-electron chi connectivity index (χ4n) is 7.78. The number of hydrogen-bond donors (Lipinski definition) is 2. The van der Waals surface area contributed by atoms with Gasteiger partial charge < -0.3 is 5.32 Å². The second-order valence-corrected chi connectivity index (χ2v) is 13.5. The molecule has 1 aliphatic heterocycles. The number of hydrogen-bond acceptors (Lipinski definition) is 5. The monoisotopic (exact) mass is 539 g/mol. The highest BCUT2D eigenvalue weighted by Crippen LogP contribution is 2.59. The minimum Gasteiger partial charge on any atom is -0.350 e. The Morgan fingerprint density at radius 1 is 1.11 bits per heavy atom. The topological polar surface area (TPSA) is 95.8 Å². The molecule has 12 heteroatoms. The van der Waals surface area contributed by atoms with Gasteiger partial charge in [-0.3, -0.25) is 14.1 Å². The van der Waals surface area contributed by atoms with Gasteiger partial charge in [-0.05, 0) is 80.2 Å². The molecule has 202 valence electrons. The van der Waals surface area contributed by atoms with Crippen molar-refractivity contribution in [2.45, 2.75) is 63.0 Å². The van der Waals surface area contributed by atoms with Gasteiger partial charge >= 0.3 is 15.5 Å². The number of carbonyl (C=O) groups is 1. The molecule has 5 fully saturated rings. The number of amides is 1. The number of imidazole rings is 1. The van der Waals surface area contributed by atoms with Crippen LogP contribution in [0.5, 0.6) is 0 Å². The van der Waals surface area contributed by atoms with Crippen LogP contribution in [0.25, 0.3) is 5.65 Å². The predicted octanol–water partition coefficient (Wildman–Crippen LogP) is 3.29. The molecule has 4 aliphatic carbocycles. The molecular formula is C25H32F3N5O3S. The van der Waals surface area contributed by atoms with E-state index in [1.54, 1.807) is 27.5 Å². The normalized spacial score (nSPS) is 31.9. The lowest BCUT2D eigenvalue weighted by Crippen LogP contribution is -2.51. The number of fused-ring (bicyclic) bond motifs is 1. The van der Waals surface area contributed by atoms with Crippen molar-refractivity contribution in [3.8, 4) is 0 Å². The average molecular weight is 540 g/mol. The molecule has 3 heterocycles. The Balaban J connectivity index is 1.10. The van der Waals surface area contributed by atoms with Crippen LogP contribution in [0, 0.1) is 23.2 Å². The molecule has 1 atom stereocenters. The fourth-order valence-corrected chi connectivity index (χ4v) is 8.54. The number of aromatic nitrogens is 2. The van der Waals surface area contributed by atoms with Crippen LogP contribution in [0.1, 0.15) is 61.1 Å². The van der Waals surface area contributed by atoms with E-state index in [1.807, 2.05) is 11.0 Å². The third kappa shape index (κ3) is 4.87.